The Morgan fingerprint density at radius 1 is 1.14 bits per heavy atom. The Hall–Kier alpha value is -0.825. The maximum atomic E-state index is 12.4. The van der Waals surface area contributed by atoms with Gasteiger partial charge in [0.2, 0.25) is 0 Å². The number of benzene rings is 1. The predicted octanol–water partition coefficient (Wildman–Crippen LogP) is 5.20. The highest BCUT2D eigenvalue weighted by atomic mass is 32.2. The third-order valence-electron chi connectivity index (χ3n) is 5.32. The van der Waals surface area contributed by atoms with E-state index in [1.807, 2.05) is 56.4 Å². The molecule has 0 aliphatic carbocycles. The number of rotatable bonds is 3. The van der Waals surface area contributed by atoms with Crippen molar-refractivity contribution in [1.82, 2.24) is 0 Å². The molecule has 2 saturated heterocycles. The van der Waals surface area contributed by atoms with Gasteiger partial charge in [-0.1, -0.05) is 12.1 Å². The fourth-order valence-corrected chi connectivity index (χ4v) is 6.04. The fraction of sp³-hybridized carbons (Fsp3) is 0.667. The van der Waals surface area contributed by atoms with Gasteiger partial charge in [-0.15, -0.1) is 23.5 Å². The van der Waals surface area contributed by atoms with Crippen LogP contribution in [0.15, 0.2) is 18.2 Å². The Labute approximate surface area is 183 Å². The molecule has 3 rings (SSSR count). The molecule has 0 atom stereocenters. The quantitative estimate of drug-likeness (QED) is 0.656. The monoisotopic (exact) mass is 437 g/mol. The Morgan fingerprint density at radius 2 is 1.72 bits per heavy atom. The minimum absolute atomic E-state index is 0.260. The molecule has 0 unspecified atom stereocenters. The van der Waals surface area contributed by atoms with E-state index < -0.39 is 18.8 Å². The van der Waals surface area contributed by atoms with Gasteiger partial charge < -0.3 is 14.0 Å². The van der Waals surface area contributed by atoms with Crippen LogP contribution in [0.25, 0.3) is 0 Å². The molecule has 2 fully saturated rings. The van der Waals surface area contributed by atoms with Crippen LogP contribution in [-0.2, 0) is 14.0 Å². The van der Waals surface area contributed by atoms with Crippen LogP contribution in [0, 0.1) is 0 Å². The van der Waals surface area contributed by atoms with Crippen LogP contribution in [0.5, 0.6) is 0 Å². The van der Waals surface area contributed by atoms with E-state index in [1.54, 1.807) is 0 Å². The van der Waals surface area contributed by atoms with E-state index in [1.165, 1.54) is 6.42 Å². The van der Waals surface area contributed by atoms with Crippen LogP contribution in [0.2, 0.25) is 0 Å². The molecule has 1 amide bonds. The molecule has 8 heteroatoms. The molecule has 0 bridgehead atoms. The summed E-state index contributed by atoms with van der Waals surface area (Å²) in [6, 6.07) is 6.02. The number of hydrogen-bond acceptors (Lipinski definition) is 6. The van der Waals surface area contributed by atoms with Crippen molar-refractivity contribution in [3.63, 3.8) is 0 Å². The molecule has 160 valence electrons. The van der Waals surface area contributed by atoms with Crippen molar-refractivity contribution in [2.24, 2.45) is 0 Å². The van der Waals surface area contributed by atoms with Gasteiger partial charge in [0.05, 0.1) is 15.8 Å². The second kappa shape index (κ2) is 8.37. The largest absolute Gasteiger partial charge is 0.494 e. The maximum Gasteiger partial charge on any atom is 0.494 e. The van der Waals surface area contributed by atoms with E-state index in [2.05, 4.69) is 39.1 Å². The lowest BCUT2D eigenvalue weighted by Gasteiger charge is -2.32. The number of carbonyl (C=O) groups is 1. The van der Waals surface area contributed by atoms with Gasteiger partial charge in [0.25, 0.3) is 0 Å². The number of ether oxygens (including phenoxy) is 1. The highest BCUT2D eigenvalue weighted by Crippen LogP contribution is 2.46. The second-order valence-corrected chi connectivity index (χ2v) is 12.2. The molecule has 2 heterocycles. The minimum Gasteiger partial charge on any atom is -0.444 e. The number of nitrogens with one attached hydrogen (secondary N) is 1. The zero-order chi connectivity index (χ0) is 21.4. The molecule has 29 heavy (non-hydrogen) atoms. The van der Waals surface area contributed by atoms with Crippen molar-refractivity contribution in [2.45, 2.75) is 76.3 Å². The lowest BCUT2D eigenvalue weighted by Crippen LogP contribution is -2.41. The molecular formula is C21H32BNO4S2. The Balaban J connectivity index is 1.88. The SMILES string of the molecule is CC(C)(C)OC(=O)Nc1ccc(B2OC(C)(C)C(C)(C)O2)cc1C1SCCCS1. The molecule has 1 N–H and O–H groups in total. The number of thioether (sulfide) groups is 2. The van der Waals surface area contributed by atoms with Crippen molar-refractivity contribution in [2.75, 3.05) is 16.8 Å². The molecule has 1 aromatic carbocycles. The number of amides is 1. The average molecular weight is 437 g/mol. The molecule has 0 aromatic heterocycles. The average Bonchev–Trinajstić information content (AvgIpc) is 2.82. The van der Waals surface area contributed by atoms with Gasteiger partial charge in [0, 0.05) is 5.69 Å². The summed E-state index contributed by atoms with van der Waals surface area (Å²) in [6.07, 6.45) is 0.769. The van der Waals surface area contributed by atoms with E-state index >= 15 is 0 Å². The second-order valence-electron chi connectivity index (χ2n) is 9.49. The lowest BCUT2D eigenvalue weighted by molar-refractivity contribution is 0.00578. The molecule has 2 aliphatic heterocycles. The van der Waals surface area contributed by atoms with Gasteiger partial charge in [-0.2, -0.15) is 0 Å². The smallest absolute Gasteiger partial charge is 0.444 e. The van der Waals surface area contributed by atoms with Crippen molar-refractivity contribution in [3.8, 4) is 0 Å². The van der Waals surface area contributed by atoms with Crippen molar-refractivity contribution < 1.29 is 18.8 Å². The van der Waals surface area contributed by atoms with Gasteiger partial charge in [0.15, 0.2) is 0 Å². The van der Waals surface area contributed by atoms with E-state index in [9.17, 15) is 4.79 Å². The van der Waals surface area contributed by atoms with Crippen LogP contribution in [-0.4, -0.2) is 41.5 Å². The zero-order valence-corrected chi connectivity index (χ0v) is 20.1. The van der Waals surface area contributed by atoms with E-state index in [4.69, 9.17) is 14.0 Å². The Bertz CT molecular complexity index is 742. The van der Waals surface area contributed by atoms with E-state index in [0.717, 1.165) is 28.2 Å². The molecule has 5 nitrogen and oxygen atoms in total. The third-order valence-corrected chi connectivity index (χ3v) is 8.30. The molecule has 0 spiro atoms. The standard InChI is InChI=1S/C21H32BNO4S2/c1-19(2,3)25-18(24)23-16-10-9-14(13-15(16)17-28-11-8-12-29-17)22-26-20(4,5)21(6,7)27-22/h9-10,13,17H,8,11-12H2,1-7H3,(H,23,24). The Morgan fingerprint density at radius 3 is 2.28 bits per heavy atom. The van der Waals surface area contributed by atoms with Crippen LogP contribution in [0.4, 0.5) is 10.5 Å². The van der Waals surface area contributed by atoms with Gasteiger partial charge in [0.1, 0.15) is 5.60 Å². The van der Waals surface area contributed by atoms with E-state index in [0.29, 0.717) is 0 Å². The van der Waals surface area contributed by atoms with E-state index in [-0.39, 0.29) is 15.8 Å². The highest BCUT2D eigenvalue weighted by Gasteiger charge is 2.51. The van der Waals surface area contributed by atoms with Crippen LogP contribution < -0.4 is 10.8 Å². The summed E-state index contributed by atoms with van der Waals surface area (Å²) in [6.45, 7) is 13.8. The van der Waals surface area contributed by atoms with Crippen LogP contribution in [0.3, 0.4) is 0 Å². The molecule has 0 saturated carbocycles. The first kappa shape index (κ1) is 22.9. The molecule has 1 aromatic rings. The molecule has 2 aliphatic rings. The van der Waals surface area contributed by atoms with Crippen molar-refractivity contribution >= 4 is 47.9 Å². The summed E-state index contributed by atoms with van der Waals surface area (Å²) in [5.74, 6) is 2.23. The third kappa shape index (κ3) is 5.46. The topological polar surface area (TPSA) is 56.8 Å². The first-order chi connectivity index (χ1) is 13.4. The Kier molecular flexibility index (Phi) is 6.59. The summed E-state index contributed by atoms with van der Waals surface area (Å²) in [4.78, 5) is 12.4. The normalized spacial score (nSPS) is 21.8. The van der Waals surface area contributed by atoms with Crippen molar-refractivity contribution in [1.29, 1.82) is 0 Å². The van der Waals surface area contributed by atoms with Gasteiger partial charge in [-0.05, 0) is 83.5 Å². The zero-order valence-electron chi connectivity index (χ0n) is 18.5. The molecular weight excluding hydrogens is 405 g/mol. The minimum atomic E-state index is -0.540. The van der Waals surface area contributed by atoms with Gasteiger partial charge >= 0.3 is 13.2 Å². The molecule has 0 radical (unpaired) electrons. The fourth-order valence-electron chi connectivity index (χ4n) is 3.10. The van der Waals surface area contributed by atoms with Crippen LogP contribution in [0.1, 0.15) is 65.0 Å². The maximum absolute atomic E-state index is 12.4. The summed E-state index contributed by atoms with van der Waals surface area (Å²) in [5.41, 5.74) is 1.52. The van der Waals surface area contributed by atoms with Gasteiger partial charge in [-0.3, -0.25) is 5.32 Å². The van der Waals surface area contributed by atoms with Crippen LogP contribution >= 0.6 is 23.5 Å². The summed E-state index contributed by atoms with van der Waals surface area (Å²) < 4.78 is 18.2. The predicted molar refractivity (Wildman–Crippen MR) is 124 cm³/mol. The highest BCUT2D eigenvalue weighted by molar-refractivity contribution is 8.16. The number of anilines is 1. The first-order valence-corrected chi connectivity index (χ1v) is 12.2. The number of hydrogen-bond donors (Lipinski definition) is 1. The summed E-state index contributed by atoms with van der Waals surface area (Å²) >= 11 is 3.82. The summed E-state index contributed by atoms with van der Waals surface area (Å²) in [7, 11) is -0.423. The summed E-state index contributed by atoms with van der Waals surface area (Å²) in [5, 5.41) is 2.95. The lowest BCUT2D eigenvalue weighted by atomic mass is 9.78. The first-order valence-electron chi connectivity index (χ1n) is 10.1. The van der Waals surface area contributed by atoms with Gasteiger partial charge in [-0.25, -0.2) is 4.79 Å². The number of carbonyl (C=O) groups excluding carboxylic acids is 1. The van der Waals surface area contributed by atoms with Crippen molar-refractivity contribution in [3.05, 3.63) is 23.8 Å².